The predicted octanol–water partition coefficient (Wildman–Crippen LogP) is 24.0. The average molecular weight is 1170 g/mol. The summed E-state index contributed by atoms with van der Waals surface area (Å²) in [7, 11) is 0. The van der Waals surface area contributed by atoms with Gasteiger partial charge in [-0.3, -0.25) is 0 Å². The van der Waals surface area contributed by atoms with E-state index in [-0.39, 0.29) is 10.8 Å². The number of aryl methyl sites for hydroxylation is 4. The molecule has 0 saturated carbocycles. The second kappa shape index (κ2) is 21.8. The Bertz CT molecular complexity index is 4790. The molecule has 0 radical (unpaired) electrons. The molecule has 446 valence electrons. The van der Waals surface area contributed by atoms with E-state index in [1.807, 2.05) is 0 Å². The normalized spacial score (nSPS) is 13.8. The lowest BCUT2D eigenvalue weighted by molar-refractivity contribution is 0.590. The van der Waals surface area contributed by atoms with Gasteiger partial charge in [0.15, 0.2) is 0 Å². The summed E-state index contributed by atoms with van der Waals surface area (Å²) in [5, 5.41) is 13.1. The van der Waals surface area contributed by atoms with Gasteiger partial charge in [0.1, 0.15) is 0 Å². The molecule has 14 aromatic rings. The molecule has 2 aromatic heterocycles. The number of rotatable bonds is 12. The molecule has 0 saturated heterocycles. The smallest absolute Gasteiger partial charge is 0.0562 e. The number of fused-ring (bicyclic) bond motifs is 8. The van der Waals surface area contributed by atoms with Crippen LogP contribution >= 0.6 is 0 Å². The Morgan fingerprint density at radius 1 is 0.322 bits per heavy atom. The summed E-state index contributed by atoms with van der Waals surface area (Å²) in [4.78, 5) is 5.47. The summed E-state index contributed by atoms with van der Waals surface area (Å²) in [5.74, 6) is 0. The molecule has 0 bridgehead atoms. The zero-order chi connectivity index (χ0) is 61.2. The summed E-state index contributed by atoms with van der Waals surface area (Å²) >= 11 is 0. The van der Waals surface area contributed by atoms with Gasteiger partial charge in [0.25, 0.3) is 0 Å². The van der Waals surface area contributed by atoms with Crippen molar-refractivity contribution < 1.29 is 0 Å². The standard InChI is InChI=1S/C86H82N4/c1-9-23-57-53-79(89(71-35-19-27-55-25-11-13-29-63(55)71)77-39-21-37-75-83(77)67-31-15-17-33-73(67)87(75)61-45-41-59(42-46-61)85(3,4)5)69-52-50-66-58(24-10-2)54-80(70-51-49-65(57)81(69)82(66)70)90(72-36-20-28-56-26-12-14-30-64(56)72)78-40-22-38-76-84(78)68-32-16-18-34-74(68)88(76)62-47-43-60(44-48-62)86(6,7)8/h15-22,27-28,31-54H,9-14,23-26,29-30H2,1-8H3. The van der Waals surface area contributed by atoms with Crippen molar-refractivity contribution in [1.82, 2.24) is 9.13 Å². The van der Waals surface area contributed by atoms with Gasteiger partial charge in [0, 0.05) is 55.1 Å². The Morgan fingerprint density at radius 2 is 0.689 bits per heavy atom. The molecule has 0 unspecified atom stereocenters. The van der Waals surface area contributed by atoms with Gasteiger partial charge in [-0.15, -0.1) is 0 Å². The number of aromatic nitrogens is 2. The molecule has 0 N–H and O–H groups in total. The molecule has 12 aromatic carbocycles. The molecule has 2 aliphatic rings. The SMILES string of the molecule is CCCc1cc(N(c2cccc3c2CCCC3)c2cccc3c2c2ccccc2n3-c2ccc(C(C)(C)C)cc2)c2ccc3c(CCC)cc(N(c4cccc5c4CCCC5)c4cccc5c4c4ccccc4n5-c4ccc(C(C)(C)C)cc4)c4ccc1c2c34. The summed E-state index contributed by atoms with van der Waals surface area (Å²) in [6.45, 7) is 18.6. The minimum Gasteiger partial charge on any atom is -0.309 e. The number of nitrogens with zero attached hydrogens (tertiary/aromatic N) is 4. The molecule has 0 fully saturated rings. The fourth-order valence-corrected chi connectivity index (χ4v) is 16.3. The molecule has 0 amide bonds. The Morgan fingerprint density at radius 3 is 1.10 bits per heavy atom. The van der Waals surface area contributed by atoms with Crippen molar-refractivity contribution in [2.75, 3.05) is 9.80 Å². The number of anilines is 6. The van der Waals surface area contributed by atoms with Gasteiger partial charge >= 0.3 is 0 Å². The quantitative estimate of drug-likeness (QED) is 0.113. The zero-order valence-corrected chi connectivity index (χ0v) is 53.9. The lowest BCUT2D eigenvalue weighted by Crippen LogP contribution is -2.17. The first-order valence-corrected chi connectivity index (χ1v) is 33.7. The van der Waals surface area contributed by atoms with Crippen LogP contribution in [0.1, 0.15) is 138 Å². The van der Waals surface area contributed by atoms with E-state index in [1.54, 1.807) is 0 Å². The number of hydrogen-bond acceptors (Lipinski definition) is 2. The van der Waals surface area contributed by atoms with Crippen LogP contribution in [0.3, 0.4) is 0 Å². The van der Waals surface area contributed by atoms with E-state index in [4.69, 9.17) is 0 Å². The fraction of sp³-hybridized carbons (Fsp3) is 0.256. The highest BCUT2D eigenvalue weighted by Gasteiger charge is 2.31. The van der Waals surface area contributed by atoms with Crippen LogP contribution in [-0.4, -0.2) is 9.13 Å². The van der Waals surface area contributed by atoms with Crippen molar-refractivity contribution in [3.63, 3.8) is 0 Å². The van der Waals surface area contributed by atoms with Crippen LogP contribution in [0, 0.1) is 0 Å². The maximum atomic E-state index is 2.74. The molecule has 90 heavy (non-hydrogen) atoms. The van der Waals surface area contributed by atoms with Crippen molar-refractivity contribution in [1.29, 1.82) is 0 Å². The maximum absolute atomic E-state index is 2.74. The maximum Gasteiger partial charge on any atom is 0.0562 e. The van der Waals surface area contributed by atoms with Crippen LogP contribution in [0.15, 0.2) is 206 Å². The minimum atomic E-state index is 0.0522. The predicted molar refractivity (Wildman–Crippen MR) is 387 cm³/mol. The average Bonchev–Trinajstić information content (AvgIpc) is 0.815. The van der Waals surface area contributed by atoms with Crippen LogP contribution in [-0.2, 0) is 49.4 Å². The Kier molecular flexibility index (Phi) is 13.6. The Hall–Kier alpha value is -9.12. The van der Waals surface area contributed by atoms with Crippen molar-refractivity contribution in [3.05, 3.63) is 251 Å². The minimum absolute atomic E-state index is 0.0522. The fourth-order valence-electron chi connectivity index (χ4n) is 16.3. The Labute approximate surface area is 531 Å². The molecule has 4 nitrogen and oxygen atoms in total. The van der Waals surface area contributed by atoms with Gasteiger partial charge < -0.3 is 18.9 Å². The van der Waals surface area contributed by atoms with E-state index in [0.29, 0.717) is 0 Å². The highest BCUT2D eigenvalue weighted by Crippen LogP contribution is 2.54. The first-order chi connectivity index (χ1) is 43.9. The first kappa shape index (κ1) is 56.1. The molecular formula is C86H82N4. The second-order valence-corrected chi connectivity index (χ2v) is 28.2. The molecule has 0 spiro atoms. The van der Waals surface area contributed by atoms with E-state index in [1.165, 1.54) is 192 Å². The van der Waals surface area contributed by atoms with Gasteiger partial charge in [-0.1, -0.05) is 190 Å². The molecule has 2 aliphatic carbocycles. The van der Waals surface area contributed by atoms with E-state index in [0.717, 1.165) is 51.4 Å². The van der Waals surface area contributed by atoms with Crippen LogP contribution in [0.4, 0.5) is 34.1 Å². The second-order valence-electron chi connectivity index (χ2n) is 28.2. The summed E-state index contributed by atoms with van der Waals surface area (Å²) in [6.07, 6.45) is 13.2. The molecule has 2 heterocycles. The summed E-state index contributed by atoms with van der Waals surface area (Å²) in [5.41, 5.74) is 26.3. The third-order valence-electron chi connectivity index (χ3n) is 20.6. The van der Waals surface area contributed by atoms with Gasteiger partial charge in [-0.05, 0) is 226 Å². The zero-order valence-electron chi connectivity index (χ0n) is 53.9. The van der Waals surface area contributed by atoms with Crippen molar-refractivity contribution in [3.8, 4) is 11.4 Å². The van der Waals surface area contributed by atoms with Gasteiger partial charge in [-0.2, -0.15) is 0 Å². The van der Waals surface area contributed by atoms with Crippen LogP contribution < -0.4 is 9.80 Å². The van der Waals surface area contributed by atoms with E-state index < -0.39 is 0 Å². The molecule has 0 atom stereocenters. The van der Waals surface area contributed by atoms with E-state index in [9.17, 15) is 0 Å². The molecule has 0 aliphatic heterocycles. The third kappa shape index (κ3) is 8.98. The molecule has 4 heteroatoms. The highest BCUT2D eigenvalue weighted by molar-refractivity contribution is 6.30. The third-order valence-corrected chi connectivity index (χ3v) is 20.6. The molecule has 16 rings (SSSR count). The Balaban J connectivity index is 1.00. The van der Waals surface area contributed by atoms with Gasteiger partial charge in [0.05, 0.1) is 44.8 Å². The topological polar surface area (TPSA) is 16.3 Å². The summed E-state index contributed by atoms with van der Waals surface area (Å²) in [6, 6.07) is 80.8. The summed E-state index contributed by atoms with van der Waals surface area (Å²) < 4.78 is 5.03. The molecular weight excluding hydrogens is 1090 g/mol. The highest BCUT2D eigenvalue weighted by atomic mass is 15.2. The lowest BCUT2D eigenvalue weighted by Gasteiger charge is -2.34. The van der Waals surface area contributed by atoms with Crippen LogP contribution in [0.2, 0.25) is 0 Å². The van der Waals surface area contributed by atoms with Crippen LogP contribution in [0.5, 0.6) is 0 Å². The van der Waals surface area contributed by atoms with Crippen LogP contribution in [0.25, 0.3) is 87.3 Å². The van der Waals surface area contributed by atoms with E-state index in [2.05, 4.69) is 281 Å². The number of hydrogen-bond donors (Lipinski definition) is 0. The van der Waals surface area contributed by atoms with Crippen molar-refractivity contribution in [2.24, 2.45) is 0 Å². The van der Waals surface area contributed by atoms with Crippen molar-refractivity contribution >= 4 is 110 Å². The van der Waals surface area contributed by atoms with Gasteiger partial charge in [-0.25, -0.2) is 0 Å². The lowest BCUT2D eigenvalue weighted by atomic mass is 9.85. The monoisotopic (exact) mass is 1170 g/mol. The van der Waals surface area contributed by atoms with E-state index >= 15 is 0 Å². The van der Waals surface area contributed by atoms with Gasteiger partial charge in [0.2, 0.25) is 0 Å². The first-order valence-electron chi connectivity index (χ1n) is 33.7. The largest absolute Gasteiger partial charge is 0.309 e. The van der Waals surface area contributed by atoms with Crippen molar-refractivity contribution in [2.45, 2.75) is 143 Å². The number of para-hydroxylation sites is 2. The number of benzene rings is 12.